The summed E-state index contributed by atoms with van der Waals surface area (Å²) in [6.07, 6.45) is 3.16. The second-order valence-corrected chi connectivity index (χ2v) is 9.63. The Balaban J connectivity index is 1.94. The van der Waals surface area contributed by atoms with Crippen molar-refractivity contribution < 1.29 is 28.5 Å². The monoisotopic (exact) mass is 399 g/mol. The number of carbonyl (C=O) groups excluding carboxylic acids is 1. The molecule has 7 nitrogen and oxygen atoms in total. The fourth-order valence-corrected chi connectivity index (χ4v) is 4.81. The van der Waals surface area contributed by atoms with Gasteiger partial charge in [-0.15, -0.1) is 0 Å². The summed E-state index contributed by atoms with van der Waals surface area (Å²) in [5.41, 5.74) is -0.748. The van der Waals surface area contributed by atoms with Crippen LogP contribution in [0.15, 0.2) is 0 Å². The second kappa shape index (κ2) is 7.11. The average Bonchev–Trinajstić information content (AvgIpc) is 3.39. The van der Waals surface area contributed by atoms with Crippen LogP contribution in [0.2, 0.25) is 0 Å². The Hall–Kier alpha value is -0.890. The van der Waals surface area contributed by atoms with Crippen molar-refractivity contribution in [1.29, 1.82) is 0 Å². The minimum absolute atomic E-state index is 0.158. The molecule has 5 atom stereocenters. The number of fused-ring (bicyclic) bond motifs is 1. The maximum atomic E-state index is 13.1. The molecular formula is C21H37NO6. The highest BCUT2D eigenvalue weighted by molar-refractivity contribution is 5.70. The fraction of sp³-hybridized carbons (Fsp3) is 0.952. The lowest BCUT2D eigenvalue weighted by Crippen LogP contribution is -2.73. The number of ether oxygens (including phenoxy) is 5. The van der Waals surface area contributed by atoms with Crippen LogP contribution in [0.5, 0.6) is 0 Å². The van der Waals surface area contributed by atoms with Crippen LogP contribution >= 0.6 is 0 Å². The Morgan fingerprint density at radius 2 is 1.68 bits per heavy atom. The predicted octanol–water partition coefficient (Wildman–Crippen LogP) is 3.70. The summed E-state index contributed by atoms with van der Waals surface area (Å²) in [4.78, 5) is 15.0. The van der Waals surface area contributed by atoms with Crippen molar-refractivity contribution >= 4 is 6.09 Å². The number of methoxy groups -OCH3 is 2. The minimum atomic E-state index is -1.08. The lowest BCUT2D eigenvalue weighted by Gasteiger charge is -2.58. The molecule has 5 unspecified atom stereocenters. The fourth-order valence-electron chi connectivity index (χ4n) is 4.81. The Kier molecular flexibility index (Phi) is 5.54. The zero-order chi connectivity index (χ0) is 21.0. The maximum absolute atomic E-state index is 13.1. The van der Waals surface area contributed by atoms with Gasteiger partial charge in [-0.25, -0.2) is 4.79 Å². The van der Waals surface area contributed by atoms with Gasteiger partial charge >= 0.3 is 6.09 Å². The quantitative estimate of drug-likeness (QED) is 0.718. The van der Waals surface area contributed by atoms with Gasteiger partial charge in [-0.05, 0) is 53.9 Å². The molecule has 1 spiro atoms. The minimum Gasteiger partial charge on any atom is -0.444 e. The molecule has 0 aromatic carbocycles. The van der Waals surface area contributed by atoms with Gasteiger partial charge in [0.15, 0.2) is 0 Å². The van der Waals surface area contributed by atoms with Crippen LogP contribution in [-0.2, 0) is 23.7 Å². The third-order valence-electron chi connectivity index (χ3n) is 6.67. The van der Waals surface area contributed by atoms with Gasteiger partial charge in [0.1, 0.15) is 11.7 Å². The van der Waals surface area contributed by atoms with E-state index in [9.17, 15) is 4.79 Å². The molecule has 3 rings (SSSR count). The summed E-state index contributed by atoms with van der Waals surface area (Å²) in [6, 6.07) is 0. The molecule has 2 saturated heterocycles. The molecule has 28 heavy (non-hydrogen) atoms. The first-order chi connectivity index (χ1) is 13.0. The lowest BCUT2D eigenvalue weighted by molar-refractivity contribution is -0.458. The molecule has 7 heteroatoms. The van der Waals surface area contributed by atoms with Crippen LogP contribution in [0.1, 0.15) is 67.2 Å². The van der Waals surface area contributed by atoms with Gasteiger partial charge in [0, 0.05) is 20.1 Å². The van der Waals surface area contributed by atoms with Crippen molar-refractivity contribution in [2.24, 2.45) is 5.92 Å². The molecule has 1 aliphatic carbocycles. The summed E-state index contributed by atoms with van der Waals surface area (Å²) >= 11 is 0. The summed E-state index contributed by atoms with van der Waals surface area (Å²) in [7, 11) is 3.19. The summed E-state index contributed by atoms with van der Waals surface area (Å²) in [5.74, 6) is -1.94. The normalized spacial score (nSPS) is 39.6. The van der Waals surface area contributed by atoms with Crippen molar-refractivity contribution in [1.82, 2.24) is 4.90 Å². The highest BCUT2D eigenvalue weighted by Crippen LogP contribution is 2.57. The number of piperidine rings is 1. The second-order valence-electron chi connectivity index (χ2n) is 9.63. The molecule has 2 aliphatic heterocycles. The molecule has 0 N–H and O–H groups in total. The van der Waals surface area contributed by atoms with Gasteiger partial charge in [-0.1, -0.05) is 13.3 Å². The van der Waals surface area contributed by atoms with E-state index in [-0.39, 0.29) is 29.8 Å². The summed E-state index contributed by atoms with van der Waals surface area (Å²) in [6.45, 7) is 12.0. The van der Waals surface area contributed by atoms with Crippen LogP contribution in [0.25, 0.3) is 0 Å². The van der Waals surface area contributed by atoms with Crippen LogP contribution in [0.4, 0.5) is 4.79 Å². The van der Waals surface area contributed by atoms with E-state index >= 15 is 0 Å². The zero-order valence-electron chi connectivity index (χ0n) is 18.7. The zero-order valence-corrected chi connectivity index (χ0v) is 18.7. The van der Waals surface area contributed by atoms with Gasteiger partial charge in [0.2, 0.25) is 11.6 Å². The van der Waals surface area contributed by atoms with Gasteiger partial charge in [0.25, 0.3) is 0 Å². The maximum Gasteiger partial charge on any atom is 0.410 e. The highest BCUT2D eigenvalue weighted by Gasteiger charge is 2.68. The SMILES string of the molecule is CCCC1C2OC(C)(OC)C(C)(OC)OC2CN(C(=O)OC(C)(C)C)C12CC2. The molecule has 3 aliphatic rings. The molecule has 1 amide bonds. The van der Waals surface area contributed by atoms with Crippen LogP contribution in [-0.4, -0.2) is 66.7 Å². The number of rotatable bonds is 4. The smallest absolute Gasteiger partial charge is 0.410 e. The van der Waals surface area contributed by atoms with Gasteiger partial charge in [-0.3, -0.25) is 4.90 Å². The van der Waals surface area contributed by atoms with Crippen LogP contribution < -0.4 is 0 Å². The Bertz CT molecular complexity index is 600. The first-order valence-electron chi connectivity index (χ1n) is 10.4. The van der Waals surface area contributed by atoms with E-state index in [1.165, 1.54) is 0 Å². The van der Waals surface area contributed by atoms with E-state index < -0.39 is 17.2 Å². The van der Waals surface area contributed by atoms with E-state index in [2.05, 4.69) is 6.92 Å². The first kappa shape index (κ1) is 21.8. The number of nitrogens with zero attached hydrogens (tertiary/aromatic N) is 1. The van der Waals surface area contributed by atoms with Crippen LogP contribution in [0.3, 0.4) is 0 Å². The molecule has 0 aromatic heterocycles. The number of carbonyl (C=O) groups is 1. The summed E-state index contributed by atoms with van der Waals surface area (Å²) < 4.78 is 30.1. The van der Waals surface area contributed by atoms with E-state index in [1.54, 1.807) is 14.2 Å². The third-order valence-corrected chi connectivity index (χ3v) is 6.67. The Morgan fingerprint density at radius 1 is 1.11 bits per heavy atom. The molecule has 2 heterocycles. The van der Waals surface area contributed by atoms with E-state index in [4.69, 9.17) is 23.7 Å². The van der Waals surface area contributed by atoms with E-state index in [0.29, 0.717) is 6.54 Å². The van der Waals surface area contributed by atoms with Crippen molar-refractivity contribution in [2.75, 3.05) is 20.8 Å². The molecule has 3 fully saturated rings. The van der Waals surface area contributed by atoms with Gasteiger partial charge in [0.05, 0.1) is 18.2 Å². The molecular weight excluding hydrogens is 362 g/mol. The summed E-state index contributed by atoms with van der Waals surface area (Å²) in [5, 5.41) is 0. The standard InChI is InChI=1S/C21H37NO6/c1-9-10-14-16-15(26-19(5,24-7)20(6,25-8)27-16)13-22(21(14)11-12-21)17(23)28-18(2,3)4/h14-16H,9-13H2,1-8H3. The topological polar surface area (TPSA) is 66.5 Å². The van der Waals surface area contributed by atoms with Crippen molar-refractivity contribution in [3.63, 3.8) is 0 Å². The van der Waals surface area contributed by atoms with Crippen molar-refractivity contribution in [3.8, 4) is 0 Å². The van der Waals surface area contributed by atoms with Crippen LogP contribution in [0, 0.1) is 5.92 Å². The highest BCUT2D eigenvalue weighted by atomic mass is 16.8. The number of hydrogen-bond donors (Lipinski definition) is 0. The van der Waals surface area contributed by atoms with Crippen molar-refractivity contribution in [3.05, 3.63) is 0 Å². The largest absolute Gasteiger partial charge is 0.444 e. The third kappa shape index (κ3) is 3.44. The molecule has 0 bridgehead atoms. The van der Waals surface area contributed by atoms with E-state index in [1.807, 2.05) is 39.5 Å². The molecule has 0 aromatic rings. The number of amides is 1. The number of hydrogen-bond acceptors (Lipinski definition) is 6. The molecule has 0 radical (unpaired) electrons. The Morgan fingerprint density at radius 3 is 2.14 bits per heavy atom. The Labute approximate surface area is 169 Å². The first-order valence-corrected chi connectivity index (χ1v) is 10.4. The predicted molar refractivity (Wildman–Crippen MR) is 104 cm³/mol. The molecule has 1 saturated carbocycles. The molecule has 162 valence electrons. The number of likely N-dealkylation sites (tertiary alicyclic amines) is 1. The van der Waals surface area contributed by atoms with E-state index in [0.717, 1.165) is 25.7 Å². The van der Waals surface area contributed by atoms with Crippen molar-refractivity contribution in [2.45, 2.75) is 102 Å². The van der Waals surface area contributed by atoms with Gasteiger partial charge in [-0.2, -0.15) is 0 Å². The van der Waals surface area contributed by atoms with Gasteiger partial charge < -0.3 is 23.7 Å². The lowest BCUT2D eigenvalue weighted by atomic mass is 9.78. The average molecular weight is 400 g/mol.